The van der Waals surface area contributed by atoms with Crippen LogP contribution in [0.2, 0.25) is 0 Å². The molecule has 2 heterocycles. The van der Waals surface area contributed by atoms with E-state index in [1.54, 1.807) is 32.0 Å². The zero-order chi connectivity index (χ0) is 25.2. The number of amides is 1. The van der Waals surface area contributed by atoms with Gasteiger partial charge in [0.05, 0.1) is 33.9 Å². The smallest absolute Gasteiger partial charge is 0.251 e. The van der Waals surface area contributed by atoms with E-state index in [0.29, 0.717) is 11.3 Å². The first kappa shape index (κ1) is 25.7. The van der Waals surface area contributed by atoms with E-state index in [2.05, 4.69) is 10.3 Å². The average Bonchev–Trinajstić information content (AvgIpc) is 3.10. The number of anilines is 2. The summed E-state index contributed by atoms with van der Waals surface area (Å²) >= 11 is 0.908. The summed E-state index contributed by atoms with van der Waals surface area (Å²) in [6, 6.07) is 8.32. The molecule has 182 valence electrons. The lowest BCUT2D eigenvalue weighted by Gasteiger charge is -2.10. The standard InChI is InChI=1S/C23H25F2N3O4S2/c1-12(2)34(31,32)11-15-5-4-6-20(27-15)28-23-16(22(26)30)10-19(33-23)21-17(24)8-14(7-13(3)29)9-18(21)25/h4-6,8-10,12-13,29H,7,11H2,1-3H3,(H2,26,30)(H,27,28). The Morgan fingerprint density at radius 2 is 1.82 bits per heavy atom. The Labute approximate surface area is 200 Å². The third-order valence-electron chi connectivity index (χ3n) is 4.99. The Kier molecular flexibility index (Phi) is 7.69. The number of carbonyl (C=O) groups is 1. The molecule has 0 aliphatic carbocycles. The molecular formula is C23H25F2N3O4S2. The van der Waals surface area contributed by atoms with Crippen molar-refractivity contribution in [3.8, 4) is 10.4 Å². The van der Waals surface area contributed by atoms with Crippen molar-refractivity contribution in [3.05, 3.63) is 64.9 Å². The number of nitrogens with one attached hydrogen (secondary N) is 1. The molecule has 2 aromatic heterocycles. The van der Waals surface area contributed by atoms with Gasteiger partial charge in [-0.25, -0.2) is 22.2 Å². The number of hydrogen-bond donors (Lipinski definition) is 3. The number of aromatic nitrogens is 1. The lowest BCUT2D eigenvalue weighted by molar-refractivity contribution is 0.100. The number of halogens is 2. The highest BCUT2D eigenvalue weighted by molar-refractivity contribution is 7.91. The van der Waals surface area contributed by atoms with E-state index in [1.807, 2.05) is 0 Å². The molecule has 3 aromatic rings. The van der Waals surface area contributed by atoms with E-state index in [4.69, 9.17) is 5.73 Å². The number of benzene rings is 1. The van der Waals surface area contributed by atoms with Gasteiger partial charge < -0.3 is 16.2 Å². The summed E-state index contributed by atoms with van der Waals surface area (Å²) in [5, 5.41) is 12.0. The van der Waals surface area contributed by atoms with Gasteiger partial charge >= 0.3 is 0 Å². The van der Waals surface area contributed by atoms with Crippen LogP contribution in [-0.2, 0) is 22.0 Å². The first-order valence-electron chi connectivity index (χ1n) is 10.4. The molecule has 1 amide bonds. The number of carbonyl (C=O) groups excluding carboxylic acids is 1. The number of primary amides is 1. The fourth-order valence-corrected chi connectivity index (χ4v) is 5.25. The molecule has 0 aliphatic heterocycles. The van der Waals surface area contributed by atoms with Crippen molar-refractivity contribution in [1.82, 2.24) is 4.98 Å². The number of rotatable bonds is 9. The largest absolute Gasteiger partial charge is 0.393 e. The van der Waals surface area contributed by atoms with Crippen molar-refractivity contribution in [2.24, 2.45) is 5.73 Å². The molecule has 7 nitrogen and oxygen atoms in total. The van der Waals surface area contributed by atoms with Crippen molar-refractivity contribution in [1.29, 1.82) is 0 Å². The van der Waals surface area contributed by atoms with Gasteiger partial charge in [-0.3, -0.25) is 4.79 Å². The molecule has 34 heavy (non-hydrogen) atoms. The van der Waals surface area contributed by atoms with Crippen molar-refractivity contribution in [3.63, 3.8) is 0 Å². The highest BCUT2D eigenvalue weighted by Crippen LogP contribution is 2.39. The molecule has 0 spiro atoms. The Hall–Kier alpha value is -2.89. The van der Waals surface area contributed by atoms with Gasteiger partial charge in [0, 0.05) is 4.88 Å². The molecule has 1 atom stereocenters. The van der Waals surface area contributed by atoms with Crippen LogP contribution < -0.4 is 11.1 Å². The highest BCUT2D eigenvalue weighted by atomic mass is 32.2. The molecule has 0 saturated heterocycles. The van der Waals surface area contributed by atoms with Gasteiger partial charge in [-0.15, -0.1) is 11.3 Å². The molecule has 0 bridgehead atoms. The zero-order valence-corrected chi connectivity index (χ0v) is 20.4. The van der Waals surface area contributed by atoms with Gasteiger partial charge in [-0.05, 0) is 63.1 Å². The second kappa shape index (κ2) is 10.2. The van der Waals surface area contributed by atoms with Crippen LogP contribution in [0.3, 0.4) is 0 Å². The molecule has 1 aromatic carbocycles. The molecule has 11 heteroatoms. The van der Waals surface area contributed by atoms with E-state index in [0.717, 1.165) is 23.5 Å². The van der Waals surface area contributed by atoms with Crippen LogP contribution in [0.4, 0.5) is 19.6 Å². The molecule has 0 aliphatic rings. The molecule has 0 radical (unpaired) electrons. The maximum Gasteiger partial charge on any atom is 0.251 e. The van der Waals surface area contributed by atoms with Crippen LogP contribution in [0, 0.1) is 11.6 Å². The summed E-state index contributed by atoms with van der Waals surface area (Å²) < 4.78 is 54.0. The fourth-order valence-electron chi connectivity index (χ4n) is 3.23. The maximum absolute atomic E-state index is 14.8. The maximum atomic E-state index is 14.8. The van der Waals surface area contributed by atoms with Gasteiger partial charge in [-0.2, -0.15) is 0 Å². The molecular weight excluding hydrogens is 484 g/mol. The van der Waals surface area contributed by atoms with Crippen LogP contribution in [0.5, 0.6) is 0 Å². The summed E-state index contributed by atoms with van der Waals surface area (Å²) in [5.74, 6) is -2.49. The van der Waals surface area contributed by atoms with E-state index < -0.39 is 38.7 Å². The van der Waals surface area contributed by atoms with Crippen molar-refractivity contribution in [2.75, 3.05) is 5.32 Å². The quantitative estimate of drug-likeness (QED) is 0.398. The first-order chi connectivity index (χ1) is 15.9. The van der Waals surface area contributed by atoms with Crippen LogP contribution in [-0.4, -0.2) is 35.8 Å². The monoisotopic (exact) mass is 509 g/mol. The predicted octanol–water partition coefficient (Wildman–Crippen LogP) is 4.18. The lowest BCUT2D eigenvalue weighted by Crippen LogP contribution is -2.17. The zero-order valence-electron chi connectivity index (χ0n) is 18.8. The van der Waals surface area contributed by atoms with Crippen molar-refractivity contribution < 1.29 is 27.1 Å². The third kappa shape index (κ3) is 5.96. The number of nitrogens with zero attached hydrogens (tertiary/aromatic N) is 1. The minimum absolute atomic E-state index is 0.00821. The van der Waals surface area contributed by atoms with Crippen molar-refractivity contribution in [2.45, 2.75) is 44.3 Å². The van der Waals surface area contributed by atoms with Gasteiger partial charge in [0.2, 0.25) is 0 Å². The average molecular weight is 510 g/mol. The molecule has 1 unspecified atom stereocenters. The fraction of sp³-hybridized carbons (Fsp3) is 0.304. The Balaban J connectivity index is 1.96. The number of aliphatic hydroxyl groups excluding tert-OH is 1. The lowest BCUT2D eigenvalue weighted by atomic mass is 10.0. The topological polar surface area (TPSA) is 122 Å². The van der Waals surface area contributed by atoms with E-state index in [-0.39, 0.29) is 39.0 Å². The Morgan fingerprint density at radius 1 is 1.18 bits per heavy atom. The molecule has 3 rings (SSSR count). The van der Waals surface area contributed by atoms with Gasteiger partial charge in [0.25, 0.3) is 5.91 Å². The van der Waals surface area contributed by atoms with Crippen molar-refractivity contribution >= 4 is 37.9 Å². The minimum atomic E-state index is -3.38. The number of nitrogens with two attached hydrogens (primary N) is 1. The van der Waals surface area contributed by atoms with Crippen LogP contribution >= 0.6 is 11.3 Å². The first-order valence-corrected chi connectivity index (χ1v) is 12.9. The third-order valence-corrected chi connectivity index (χ3v) is 8.20. The summed E-state index contributed by atoms with van der Waals surface area (Å²) in [6.45, 7) is 4.68. The predicted molar refractivity (Wildman–Crippen MR) is 129 cm³/mol. The number of sulfone groups is 1. The molecule has 4 N–H and O–H groups in total. The van der Waals surface area contributed by atoms with E-state index in [1.165, 1.54) is 13.0 Å². The van der Waals surface area contributed by atoms with Crippen LogP contribution in [0.25, 0.3) is 10.4 Å². The summed E-state index contributed by atoms with van der Waals surface area (Å²) in [7, 11) is -3.38. The second-order valence-corrected chi connectivity index (χ2v) is 11.8. The van der Waals surface area contributed by atoms with E-state index >= 15 is 0 Å². The molecule has 0 fully saturated rings. The van der Waals surface area contributed by atoms with E-state index in [9.17, 15) is 27.1 Å². The Morgan fingerprint density at radius 3 is 2.38 bits per heavy atom. The normalized spacial score (nSPS) is 12.7. The van der Waals surface area contributed by atoms with Crippen LogP contribution in [0.15, 0.2) is 36.4 Å². The van der Waals surface area contributed by atoms with Gasteiger partial charge in [0.1, 0.15) is 22.5 Å². The number of thiophene rings is 1. The second-order valence-electron chi connectivity index (χ2n) is 8.20. The number of hydrogen-bond acceptors (Lipinski definition) is 7. The summed E-state index contributed by atoms with van der Waals surface area (Å²) in [6.07, 6.45) is -0.672. The summed E-state index contributed by atoms with van der Waals surface area (Å²) in [4.78, 5) is 16.4. The number of pyridine rings is 1. The Bertz CT molecular complexity index is 1300. The van der Waals surface area contributed by atoms with Gasteiger partial charge in [0.15, 0.2) is 9.84 Å². The number of aliphatic hydroxyl groups is 1. The highest BCUT2D eigenvalue weighted by Gasteiger charge is 2.22. The minimum Gasteiger partial charge on any atom is -0.393 e. The SMILES string of the molecule is CC(O)Cc1cc(F)c(-c2cc(C(N)=O)c(Nc3cccc(CS(=O)(=O)C(C)C)n3)s2)c(F)c1. The molecule has 0 saturated carbocycles. The van der Waals surface area contributed by atoms with Crippen LogP contribution in [0.1, 0.15) is 42.4 Å². The summed E-state index contributed by atoms with van der Waals surface area (Å²) in [5.41, 5.74) is 5.77. The van der Waals surface area contributed by atoms with Gasteiger partial charge in [-0.1, -0.05) is 6.07 Å².